The van der Waals surface area contributed by atoms with E-state index >= 15 is 0 Å². The summed E-state index contributed by atoms with van der Waals surface area (Å²) in [5.74, 6) is -1.26. The molecule has 2 unspecified atom stereocenters. The molecule has 3 saturated heterocycles. The van der Waals surface area contributed by atoms with Crippen LogP contribution in [0.5, 0.6) is 5.75 Å². The molecule has 5 rings (SSSR count). The van der Waals surface area contributed by atoms with Crippen LogP contribution >= 0.6 is 11.8 Å². The number of amides is 3. The Bertz CT molecular complexity index is 1470. The molecular weight excluding hydrogens is 586 g/mol. The molecule has 9 heteroatoms. The topological polar surface area (TPSA) is 90.4 Å². The smallest absolute Gasteiger partial charge is 0.251 e. The molecule has 3 amide bonds. The standard InChI is InChI=1S/C36H45N3O5S/c1-8-20-37(26-14-16-27(17-15-26)44-10-3)32(41)28-29-33(42)39(25(6)22-40)31(36(29)19-18-35(28,7)45-36)34(43)38(21-9-2)30-23(4)12-11-13-24(30)5/h8-9,11-17,25,28-29,31,40H,1-2,10,18-22H2,3-7H3/t25-,28-,29+,31?,35+,36?/m1/s1. The number of likely N-dealkylation sites (tertiary alicyclic amines) is 1. The summed E-state index contributed by atoms with van der Waals surface area (Å²) in [7, 11) is 0. The van der Waals surface area contributed by atoms with Gasteiger partial charge in [0.25, 0.3) is 5.91 Å². The molecule has 0 aromatic heterocycles. The molecule has 240 valence electrons. The van der Waals surface area contributed by atoms with Crippen molar-refractivity contribution in [2.24, 2.45) is 11.8 Å². The van der Waals surface area contributed by atoms with Crippen molar-refractivity contribution in [3.63, 3.8) is 0 Å². The molecule has 1 spiro atoms. The third-order valence-electron chi connectivity index (χ3n) is 9.78. The summed E-state index contributed by atoms with van der Waals surface area (Å²) in [6.45, 7) is 18.3. The van der Waals surface area contributed by atoms with Crippen LogP contribution in [0, 0.1) is 25.7 Å². The summed E-state index contributed by atoms with van der Waals surface area (Å²) < 4.78 is 4.25. The van der Waals surface area contributed by atoms with Gasteiger partial charge in [-0.3, -0.25) is 14.4 Å². The first-order valence-electron chi connectivity index (χ1n) is 15.8. The Labute approximate surface area is 271 Å². The van der Waals surface area contributed by atoms with E-state index in [0.29, 0.717) is 30.9 Å². The number of hydrogen-bond donors (Lipinski definition) is 1. The fourth-order valence-electron chi connectivity index (χ4n) is 7.89. The van der Waals surface area contributed by atoms with Crippen molar-refractivity contribution in [2.45, 2.75) is 69.0 Å². The third-order valence-corrected chi connectivity index (χ3v) is 11.8. The molecule has 45 heavy (non-hydrogen) atoms. The summed E-state index contributed by atoms with van der Waals surface area (Å²) in [5, 5.41) is 10.3. The lowest BCUT2D eigenvalue weighted by Gasteiger charge is -2.39. The number of aliphatic hydroxyl groups is 1. The zero-order valence-electron chi connectivity index (χ0n) is 27.0. The SMILES string of the molecule is C=CCN(C(=O)[C@H]1[C@H]2C(=O)N([C@H](C)CO)C(C(=O)N(CC=C)c3c(C)cccc3C)C23CC[C@]1(C)S3)c1ccc(OCC)cc1. The van der Waals surface area contributed by atoms with E-state index in [1.807, 2.05) is 63.2 Å². The van der Waals surface area contributed by atoms with Gasteiger partial charge in [-0.1, -0.05) is 30.4 Å². The number of ether oxygens (including phenoxy) is 1. The Balaban J connectivity index is 1.60. The molecule has 3 aliphatic heterocycles. The van der Waals surface area contributed by atoms with Gasteiger partial charge >= 0.3 is 0 Å². The molecule has 3 heterocycles. The highest BCUT2D eigenvalue weighted by molar-refractivity contribution is 8.02. The fourth-order valence-corrected chi connectivity index (χ4v) is 10.2. The van der Waals surface area contributed by atoms with Gasteiger partial charge in [0.05, 0.1) is 35.8 Å². The predicted molar refractivity (Wildman–Crippen MR) is 181 cm³/mol. The summed E-state index contributed by atoms with van der Waals surface area (Å²) in [4.78, 5) is 49.3. The van der Waals surface area contributed by atoms with E-state index in [-0.39, 0.29) is 37.4 Å². The second-order valence-electron chi connectivity index (χ2n) is 12.6. The van der Waals surface area contributed by atoms with Gasteiger partial charge in [0.15, 0.2) is 0 Å². The highest BCUT2D eigenvalue weighted by Crippen LogP contribution is 2.72. The van der Waals surface area contributed by atoms with Gasteiger partial charge in [-0.25, -0.2) is 0 Å². The monoisotopic (exact) mass is 631 g/mol. The van der Waals surface area contributed by atoms with Gasteiger partial charge in [0.2, 0.25) is 11.8 Å². The van der Waals surface area contributed by atoms with Crippen molar-refractivity contribution in [2.75, 3.05) is 36.1 Å². The maximum atomic E-state index is 14.9. The molecular formula is C36H45N3O5S. The molecule has 0 radical (unpaired) electrons. The Morgan fingerprint density at radius 3 is 2.27 bits per heavy atom. The van der Waals surface area contributed by atoms with E-state index in [1.165, 1.54) is 0 Å². The van der Waals surface area contributed by atoms with Gasteiger partial charge in [-0.2, -0.15) is 0 Å². The number of nitrogens with zero attached hydrogens (tertiary/aromatic N) is 3. The summed E-state index contributed by atoms with van der Waals surface area (Å²) in [5.41, 5.74) is 3.39. The number of thioether (sulfide) groups is 1. The van der Waals surface area contributed by atoms with Gasteiger partial charge in [-0.15, -0.1) is 24.9 Å². The Morgan fingerprint density at radius 1 is 1.07 bits per heavy atom. The number of carbonyl (C=O) groups is 3. The van der Waals surface area contributed by atoms with Crippen LogP contribution in [0.15, 0.2) is 67.8 Å². The van der Waals surface area contributed by atoms with Crippen LogP contribution in [-0.4, -0.2) is 75.6 Å². The number of aryl methyl sites for hydroxylation is 2. The van der Waals surface area contributed by atoms with Crippen molar-refractivity contribution >= 4 is 40.9 Å². The first-order valence-corrected chi connectivity index (χ1v) is 16.6. The second-order valence-corrected chi connectivity index (χ2v) is 14.5. The lowest BCUT2D eigenvalue weighted by atomic mass is 9.66. The molecule has 3 aliphatic rings. The number of benzene rings is 2. The van der Waals surface area contributed by atoms with Gasteiger partial charge in [-0.05, 0) is 82.9 Å². The molecule has 0 saturated carbocycles. The first kappa shape index (κ1) is 32.8. The second kappa shape index (κ2) is 12.7. The zero-order chi connectivity index (χ0) is 32.7. The Morgan fingerprint density at radius 2 is 1.69 bits per heavy atom. The molecule has 2 aromatic carbocycles. The summed E-state index contributed by atoms with van der Waals surface area (Å²) in [6.07, 6.45) is 4.71. The quantitative estimate of drug-likeness (QED) is 0.320. The molecule has 6 atom stereocenters. The Hall–Kier alpha value is -3.56. The minimum absolute atomic E-state index is 0.156. The van der Waals surface area contributed by atoms with Crippen molar-refractivity contribution in [1.29, 1.82) is 0 Å². The molecule has 8 nitrogen and oxygen atoms in total. The predicted octanol–water partition coefficient (Wildman–Crippen LogP) is 5.30. The van der Waals surface area contributed by atoms with Crippen LogP contribution in [0.3, 0.4) is 0 Å². The van der Waals surface area contributed by atoms with Crippen LogP contribution < -0.4 is 14.5 Å². The average molecular weight is 632 g/mol. The van der Waals surface area contributed by atoms with E-state index in [9.17, 15) is 19.5 Å². The van der Waals surface area contributed by atoms with Crippen LogP contribution in [0.2, 0.25) is 0 Å². The highest BCUT2D eigenvalue weighted by Gasteiger charge is 2.78. The van der Waals surface area contributed by atoms with Gasteiger partial charge in [0, 0.05) is 29.2 Å². The summed E-state index contributed by atoms with van der Waals surface area (Å²) >= 11 is 1.63. The van der Waals surface area contributed by atoms with Crippen molar-refractivity contribution in [3.8, 4) is 5.75 Å². The minimum atomic E-state index is -0.848. The maximum Gasteiger partial charge on any atom is 0.251 e. The zero-order valence-corrected chi connectivity index (χ0v) is 27.8. The average Bonchev–Trinajstić information content (AvgIpc) is 3.59. The Kier molecular flexibility index (Phi) is 9.25. The highest BCUT2D eigenvalue weighted by atomic mass is 32.2. The van der Waals surface area contributed by atoms with Gasteiger partial charge in [0.1, 0.15) is 11.8 Å². The van der Waals surface area contributed by atoms with E-state index in [2.05, 4.69) is 20.1 Å². The van der Waals surface area contributed by atoms with Crippen molar-refractivity contribution in [1.82, 2.24) is 4.90 Å². The number of fused-ring (bicyclic) bond motifs is 1. The van der Waals surface area contributed by atoms with Crippen LogP contribution in [0.4, 0.5) is 11.4 Å². The number of carbonyl (C=O) groups excluding carboxylic acids is 3. The lowest BCUT2D eigenvalue weighted by molar-refractivity contribution is -0.142. The maximum absolute atomic E-state index is 14.9. The number of rotatable bonds is 12. The van der Waals surface area contributed by atoms with Crippen LogP contribution in [-0.2, 0) is 14.4 Å². The number of hydrogen-bond acceptors (Lipinski definition) is 6. The number of anilines is 2. The fraction of sp³-hybridized carbons (Fsp3) is 0.472. The number of para-hydroxylation sites is 1. The van der Waals surface area contributed by atoms with E-state index in [4.69, 9.17) is 4.74 Å². The minimum Gasteiger partial charge on any atom is -0.494 e. The summed E-state index contributed by atoms with van der Waals surface area (Å²) in [6, 6.07) is 11.8. The van der Waals surface area contributed by atoms with Crippen molar-refractivity contribution in [3.05, 3.63) is 78.9 Å². The first-order chi connectivity index (χ1) is 21.5. The molecule has 2 bridgehead atoms. The third kappa shape index (κ3) is 5.27. The van der Waals surface area contributed by atoms with Crippen LogP contribution in [0.1, 0.15) is 44.7 Å². The van der Waals surface area contributed by atoms with Crippen molar-refractivity contribution < 1.29 is 24.2 Å². The molecule has 3 fully saturated rings. The van der Waals surface area contributed by atoms with E-state index in [1.54, 1.807) is 45.5 Å². The largest absolute Gasteiger partial charge is 0.494 e. The number of aliphatic hydroxyl groups excluding tert-OH is 1. The van der Waals surface area contributed by atoms with Crippen LogP contribution in [0.25, 0.3) is 0 Å². The van der Waals surface area contributed by atoms with Gasteiger partial charge < -0.3 is 24.5 Å². The molecule has 0 aliphatic carbocycles. The van der Waals surface area contributed by atoms with E-state index in [0.717, 1.165) is 16.8 Å². The molecule has 2 aromatic rings. The molecule has 1 N–H and O–H groups in total. The lowest BCUT2D eigenvalue weighted by Crippen LogP contribution is -2.57. The van der Waals surface area contributed by atoms with E-state index < -0.39 is 33.4 Å². The normalized spacial score (nSPS) is 27.2.